The lowest BCUT2D eigenvalue weighted by molar-refractivity contribution is 0.795. The van der Waals surface area contributed by atoms with Crippen molar-refractivity contribution in [3.8, 4) is 0 Å². The largest absolute Gasteiger partial charge is 0.357 e. The molecule has 0 radical (unpaired) electrons. The average molecular weight is 363 g/mol. The van der Waals surface area contributed by atoms with Gasteiger partial charge in [-0.1, -0.05) is 23.7 Å². The lowest BCUT2D eigenvalue weighted by Crippen LogP contribution is -2.39. The summed E-state index contributed by atoms with van der Waals surface area (Å²) < 4.78 is 0. The van der Waals surface area contributed by atoms with Gasteiger partial charge in [0.25, 0.3) is 0 Å². The van der Waals surface area contributed by atoms with Gasteiger partial charge < -0.3 is 10.6 Å². The zero-order valence-electron chi connectivity index (χ0n) is 14.3. The molecule has 2 atom stereocenters. The molecule has 1 aromatic carbocycles. The molecular weight excluding hydrogens is 340 g/mol. The molecule has 1 aliphatic carbocycles. The number of nitrogens with zero attached hydrogens (tertiary/aromatic N) is 2. The molecule has 1 aliphatic rings. The number of guanidine groups is 1. The first-order chi connectivity index (χ1) is 11.6. The molecule has 2 aromatic rings. The Morgan fingerprint density at radius 1 is 1.42 bits per heavy atom. The number of aryl methyl sites for hydroxylation is 2. The molecule has 3 rings (SSSR count). The number of halogens is 1. The third-order valence-corrected chi connectivity index (χ3v) is 5.41. The first kappa shape index (κ1) is 17.2. The van der Waals surface area contributed by atoms with E-state index in [-0.39, 0.29) is 0 Å². The van der Waals surface area contributed by atoms with Gasteiger partial charge in [-0.05, 0) is 44.9 Å². The SMILES string of the molecule is CCNC(=NCc1sc(C)nc1C)NC1CC1c1cccc(Cl)c1. The van der Waals surface area contributed by atoms with Crippen LogP contribution in [0.15, 0.2) is 29.3 Å². The third kappa shape index (κ3) is 4.28. The molecule has 0 spiro atoms. The summed E-state index contributed by atoms with van der Waals surface area (Å²) in [6, 6.07) is 8.56. The van der Waals surface area contributed by atoms with Crippen molar-refractivity contribution in [1.82, 2.24) is 15.6 Å². The molecule has 1 fully saturated rings. The quantitative estimate of drug-likeness (QED) is 0.623. The molecule has 0 aliphatic heterocycles. The maximum atomic E-state index is 6.09. The van der Waals surface area contributed by atoms with Gasteiger partial charge in [0.15, 0.2) is 5.96 Å². The van der Waals surface area contributed by atoms with E-state index in [0.717, 1.165) is 34.6 Å². The lowest BCUT2D eigenvalue weighted by Gasteiger charge is -2.11. The van der Waals surface area contributed by atoms with Gasteiger partial charge in [-0.15, -0.1) is 11.3 Å². The molecule has 0 amide bonds. The Labute approximate surface area is 152 Å². The Morgan fingerprint density at radius 3 is 2.92 bits per heavy atom. The predicted molar refractivity (Wildman–Crippen MR) is 102 cm³/mol. The van der Waals surface area contributed by atoms with Gasteiger partial charge in [-0.3, -0.25) is 0 Å². The number of aromatic nitrogens is 1. The zero-order chi connectivity index (χ0) is 17.1. The zero-order valence-corrected chi connectivity index (χ0v) is 15.8. The summed E-state index contributed by atoms with van der Waals surface area (Å²) in [6.45, 7) is 7.68. The number of benzene rings is 1. The molecule has 2 unspecified atom stereocenters. The molecule has 1 heterocycles. The fourth-order valence-corrected chi connectivity index (χ4v) is 3.89. The van der Waals surface area contributed by atoms with Crippen LogP contribution < -0.4 is 10.6 Å². The topological polar surface area (TPSA) is 49.3 Å². The number of thiazole rings is 1. The van der Waals surface area contributed by atoms with Crippen molar-refractivity contribution in [3.63, 3.8) is 0 Å². The Hall–Kier alpha value is -1.59. The normalized spacial score (nSPS) is 20.1. The van der Waals surface area contributed by atoms with E-state index in [1.165, 1.54) is 10.4 Å². The molecule has 1 saturated carbocycles. The van der Waals surface area contributed by atoms with Crippen LogP contribution in [0.25, 0.3) is 0 Å². The van der Waals surface area contributed by atoms with Crippen LogP contribution in [0.2, 0.25) is 5.02 Å². The van der Waals surface area contributed by atoms with Gasteiger partial charge in [0, 0.05) is 28.4 Å². The summed E-state index contributed by atoms with van der Waals surface area (Å²) in [7, 11) is 0. The van der Waals surface area contributed by atoms with Crippen molar-refractivity contribution < 1.29 is 0 Å². The van der Waals surface area contributed by atoms with Gasteiger partial charge in [-0.2, -0.15) is 0 Å². The molecule has 0 bridgehead atoms. The van der Waals surface area contributed by atoms with Crippen LogP contribution in [-0.2, 0) is 6.54 Å². The second-order valence-electron chi connectivity index (χ2n) is 6.08. The van der Waals surface area contributed by atoms with Crippen molar-refractivity contribution in [2.24, 2.45) is 4.99 Å². The molecule has 1 aromatic heterocycles. The van der Waals surface area contributed by atoms with Crippen LogP contribution in [0.1, 0.15) is 40.4 Å². The number of nitrogens with one attached hydrogen (secondary N) is 2. The summed E-state index contributed by atoms with van der Waals surface area (Å²) in [5.41, 5.74) is 2.38. The van der Waals surface area contributed by atoms with Gasteiger partial charge in [-0.25, -0.2) is 9.98 Å². The van der Waals surface area contributed by atoms with Crippen LogP contribution in [0.3, 0.4) is 0 Å². The smallest absolute Gasteiger partial charge is 0.191 e. The van der Waals surface area contributed by atoms with E-state index in [0.29, 0.717) is 18.5 Å². The fraction of sp³-hybridized carbons (Fsp3) is 0.444. The minimum atomic E-state index is 0.422. The second-order valence-corrected chi connectivity index (χ2v) is 7.81. The third-order valence-electron chi connectivity index (χ3n) is 4.11. The van der Waals surface area contributed by atoms with Crippen LogP contribution >= 0.6 is 22.9 Å². The van der Waals surface area contributed by atoms with Crippen molar-refractivity contribution in [2.75, 3.05) is 6.54 Å². The number of hydrogen-bond donors (Lipinski definition) is 2. The summed E-state index contributed by atoms with van der Waals surface area (Å²) in [4.78, 5) is 10.4. The van der Waals surface area contributed by atoms with Gasteiger partial charge in [0.1, 0.15) is 0 Å². The Balaban J connectivity index is 1.62. The summed E-state index contributed by atoms with van der Waals surface area (Å²) >= 11 is 7.81. The van der Waals surface area contributed by atoms with Gasteiger partial charge >= 0.3 is 0 Å². The average Bonchev–Trinajstić information content (AvgIpc) is 3.22. The minimum Gasteiger partial charge on any atom is -0.357 e. The standard InChI is InChI=1S/C18H23ClN4S/c1-4-20-18(21-10-17-11(2)22-12(3)24-17)23-16-9-15(16)13-6-5-7-14(19)8-13/h5-8,15-16H,4,9-10H2,1-3H3,(H2,20,21,23). The second kappa shape index (κ2) is 7.53. The minimum absolute atomic E-state index is 0.422. The maximum Gasteiger partial charge on any atom is 0.191 e. The molecule has 24 heavy (non-hydrogen) atoms. The first-order valence-electron chi connectivity index (χ1n) is 8.30. The van der Waals surface area contributed by atoms with Crippen LogP contribution in [0.4, 0.5) is 0 Å². The van der Waals surface area contributed by atoms with E-state index in [1.807, 2.05) is 26.0 Å². The maximum absolute atomic E-state index is 6.09. The Bertz CT molecular complexity index is 740. The van der Waals surface area contributed by atoms with E-state index in [4.69, 9.17) is 16.6 Å². The highest BCUT2D eigenvalue weighted by molar-refractivity contribution is 7.11. The van der Waals surface area contributed by atoms with Gasteiger partial charge in [0.2, 0.25) is 0 Å². The molecule has 2 N–H and O–H groups in total. The highest BCUT2D eigenvalue weighted by Crippen LogP contribution is 2.41. The number of aliphatic imine (C=N–C) groups is 1. The summed E-state index contributed by atoms with van der Waals surface area (Å²) in [5, 5.41) is 8.76. The highest BCUT2D eigenvalue weighted by Gasteiger charge is 2.39. The number of rotatable bonds is 5. The molecule has 6 heteroatoms. The van der Waals surface area contributed by atoms with Crippen LogP contribution in [-0.4, -0.2) is 23.5 Å². The lowest BCUT2D eigenvalue weighted by atomic mass is 10.1. The number of hydrogen-bond acceptors (Lipinski definition) is 3. The predicted octanol–water partition coefficient (Wildman–Crippen LogP) is 4.02. The van der Waals surface area contributed by atoms with Crippen molar-refractivity contribution in [3.05, 3.63) is 50.4 Å². The van der Waals surface area contributed by atoms with Crippen LogP contribution in [0, 0.1) is 13.8 Å². The Morgan fingerprint density at radius 2 is 2.25 bits per heavy atom. The molecular formula is C18H23ClN4S. The van der Waals surface area contributed by atoms with Crippen molar-refractivity contribution in [2.45, 2.75) is 45.7 Å². The van der Waals surface area contributed by atoms with Crippen LogP contribution in [0.5, 0.6) is 0 Å². The van der Waals surface area contributed by atoms with E-state index < -0.39 is 0 Å². The fourth-order valence-electron chi connectivity index (χ4n) is 2.83. The first-order valence-corrected chi connectivity index (χ1v) is 9.49. The van der Waals surface area contributed by atoms with E-state index in [1.54, 1.807) is 11.3 Å². The van der Waals surface area contributed by atoms with Gasteiger partial charge in [0.05, 0.1) is 17.2 Å². The monoisotopic (exact) mass is 362 g/mol. The molecule has 4 nitrogen and oxygen atoms in total. The van der Waals surface area contributed by atoms with E-state index >= 15 is 0 Å². The summed E-state index contributed by atoms with van der Waals surface area (Å²) in [5.74, 6) is 1.39. The van der Waals surface area contributed by atoms with E-state index in [9.17, 15) is 0 Å². The highest BCUT2D eigenvalue weighted by atomic mass is 35.5. The Kier molecular flexibility index (Phi) is 5.41. The summed E-state index contributed by atoms with van der Waals surface area (Å²) in [6.07, 6.45) is 1.11. The van der Waals surface area contributed by atoms with E-state index in [2.05, 4.69) is 34.7 Å². The van der Waals surface area contributed by atoms with Crippen molar-refractivity contribution in [1.29, 1.82) is 0 Å². The molecule has 0 saturated heterocycles. The van der Waals surface area contributed by atoms with Crippen molar-refractivity contribution >= 4 is 28.9 Å². The molecule has 128 valence electrons.